The molecule has 1 atom stereocenters. The minimum absolute atomic E-state index is 0.428. The molecule has 0 aliphatic heterocycles. The maximum absolute atomic E-state index is 12.0. The highest BCUT2D eigenvalue weighted by molar-refractivity contribution is 7.89. The summed E-state index contributed by atoms with van der Waals surface area (Å²) in [4.78, 5) is 14.6. The van der Waals surface area contributed by atoms with Gasteiger partial charge in [0.25, 0.3) is 10.0 Å². The van der Waals surface area contributed by atoms with E-state index in [4.69, 9.17) is 9.52 Å². The Balaban J connectivity index is 2.20. The summed E-state index contributed by atoms with van der Waals surface area (Å²) in [6, 6.07) is 1.66. The van der Waals surface area contributed by atoms with Crippen LogP contribution in [0.3, 0.4) is 0 Å². The summed E-state index contributed by atoms with van der Waals surface area (Å²) in [7, 11) is -3.91. The number of carboxylic acid groups (broad SMARTS) is 1. The Bertz CT molecular complexity index is 675. The van der Waals surface area contributed by atoms with Crippen LogP contribution < -0.4 is 4.72 Å². The second kappa shape index (κ2) is 5.11. The molecular weight excluding hydrogens is 292 g/mol. The maximum Gasteiger partial charge on any atom is 0.371 e. The molecule has 2 N–H and O–H groups in total. The lowest BCUT2D eigenvalue weighted by Crippen LogP contribution is -2.26. The van der Waals surface area contributed by atoms with Gasteiger partial charge in [0.1, 0.15) is 5.01 Å². The van der Waals surface area contributed by atoms with Crippen LogP contribution >= 0.6 is 11.3 Å². The van der Waals surface area contributed by atoms with Crippen molar-refractivity contribution in [2.75, 3.05) is 0 Å². The third-order valence-corrected chi connectivity index (χ3v) is 4.58. The van der Waals surface area contributed by atoms with Crippen LogP contribution in [0.1, 0.15) is 28.5 Å². The van der Waals surface area contributed by atoms with Crippen LogP contribution in [0.4, 0.5) is 0 Å². The molecule has 2 heterocycles. The van der Waals surface area contributed by atoms with Gasteiger partial charge in [0.2, 0.25) is 10.9 Å². The Morgan fingerprint density at radius 3 is 2.79 bits per heavy atom. The van der Waals surface area contributed by atoms with Crippen molar-refractivity contribution in [3.05, 3.63) is 34.5 Å². The van der Waals surface area contributed by atoms with E-state index in [0.29, 0.717) is 5.01 Å². The molecule has 0 radical (unpaired) electrons. The van der Waals surface area contributed by atoms with Crippen LogP contribution in [0.2, 0.25) is 0 Å². The smallest absolute Gasteiger partial charge is 0.371 e. The Hall–Kier alpha value is -1.71. The molecule has 0 aromatic carbocycles. The summed E-state index contributed by atoms with van der Waals surface area (Å²) in [5, 5.41) is 10.6. The summed E-state index contributed by atoms with van der Waals surface area (Å²) in [6.07, 6.45) is 1.57. The van der Waals surface area contributed by atoms with Crippen molar-refractivity contribution < 1.29 is 22.7 Å². The molecule has 19 heavy (non-hydrogen) atoms. The predicted octanol–water partition coefficient (Wildman–Crippen LogP) is 1.47. The largest absolute Gasteiger partial charge is 0.475 e. The molecule has 0 spiro atoms. The van der Waals surface area contributed by atoms with E-state index >= 15 is 0 Å². The van der Waals surface area contributed by atoms with Crippen LogP contribution in [0.15, 0.2) is 33.2 Å². The van der Waals surface area contributed by atoms with Crippen molar-refractivity contribution in [2.24, 2.45) is 0 Å². The number of sulfonamides is 1. The monoisotopic (exact) mass is 302 g/mol. The third kappa shape index (κ3) is 3.00. The first-order valence-electron chi connectivity index (χ1n) is 5.15. The highest BCUT2D eigenvalue weighted by Gasteiger charge is 2.24. The second-order valence-electron chi connectivity index (χ2n) is 3.64. The SMILES string of the molecule is CC(NS(=O)(=O)c1ccc(C(=O)O)o1)c1nccs1. The molecule has 0 fully saturated rings. The molecule has 0 saturated carbocycles. The van der Waals surface area contributed by atoms with Gasteiger partial charge < -0.3 is 9.52 Å². The van der Waals surface area contributed by atoms with E-state index in [2.05, 4.69) is 9.71 Å². The van der Waals surface area contributed by atoms with Crippen LogP contribution in [-0.2, 0) is 10.0 Å². The van der Waals surface area contributed by atoms with Gasteiger partial charge in [-0.25, -0.2) is 18.2 Å². The van der Waals surface area contributed by atoms with Crippen molar-refractivity contribution >= 4 is 27.3 Å². The quantitative estimate of drug-likeness (QED) is 0.865. The van der Waals surface area contributed by atoms with Crippen LogP contribution in [-0.4, -0.2) is 24.5 Å². The van der Waals surface area contributed by atoms with Crippen molar-refractivity contribution in [3.8, 4) is 0 Å². The van der Waals surface area contributed by atoms with Gasteiger partial charge in [-0.2, -0.15) is 4.72 Å². The van der Waals surface area contributed by atoms with Crippen LogP contribution in [0, 0.1) is 0 Å². The molecule has 0 saturated heterocycles. The summed E-state index contributed by atoms with van der Waals surface area (Å²) < 4.78 is 31.0. The Morgan fingerprint density at radius 2 is 2.26 bits per heavy atom. The molecular formula is C10H10N2O5S2. The van der Waals surface area contributed by atoms with Gasteiger partial charge in [0.05, 0.1) is 6.04 Å². The number of aromatic nitrogens is 1. The number of rotatable bonds is 5. The van der Waals surface area contributed by atoms with E-state index in [1.807, 2.05) is 0 Å². The van der Waals surface area contributed by atoms with E-state index in [-0.39, 0.29) is 0 Å². The molecule has 0 bridgehead atoms. The van der Waals surface area contributed by atoms with Crippen molar-refractivity contribution in [1.82, 2.24) is 9.71 Å². The lowest BCUT2D eigenvalue weighted by molar-refractivity contribution is 0.0656. The number of carboxylic acids is 1. The topological polar surface area (TPSA) is 110 Å². The number of aromatic carboxylic acids is 1. The number of thiazole rings is 1. The number of nitrogens with zero attached hydrogens (tertiary/aromatic N) is 1. The highest BCUT2D eigenvalue weighted by Crippen LogP contribution is 2.20. The first-order valence-corrected chi connectivity index (χ1v) is 7.51. The molecule has 102 valence electrons. The van der Waals surface area contributed by atoms with E-state index in [1.54, 1.807) is 18.5 Å². The van der Waals surface area contributed by atoms with Crippen molar-refractivity contribution in [3.63, 3.8) is 0 Å². The lowest BCUT2D eigenvalue weighted by atomic mass is 10.4. The fraction of sp³-hybridized carbons (Fsp3) is 0.200. The Kier molecular flexibility index (Phi) is 3.69. The van der Waals surface area contributed by atoms with E-state index < -0.39 is 32.9 Å². The van der Waals surface area contributed by atoms with E-state index in [1.165, 1.54) is 11.3 Å². The third-order valence-electron chi connectivity index (χ3n) is 2.21. The van der Waals surface area contributed by atoms with Gasteiger partial charge in [0, 0.05) is 11.6 Å². The molecule has 0 amide bonds. The van der Waals surface area contributed by atoms with Gasteiger partial charge in [-0.15, -0.1) is 11.3 Å². The number of nitrogens with one attached hydrogen (secondary N) is 1. The zero-order valence-electron chi connectivity index (χ0n) is 9.73. The zero-order chi connectivity index (χ0) is 14.0. The molecule has 7 nitrogen and oxygen atoms in total. The Morgan fingerprint density at radius 1 is 1.53 bits per heavy atom. The minimum Gasteiger partial charge on any atom is -0.475 e. The van der Waals surface area contributed by atoms with E-state index in [0.717, 1.165) is 12.1 Å². The number of carbonyl (C=O) groups is 1. The van der Waals surface area contributed by atoms with E-state index in [9.17, 15) is 13.2 Å². The fourth-order valence-corrected chi connectivity index (χ4v) is 3.23. The average molecular weight is 302 g/mol. The normalized spacial score (nSPS) is 13.3. The average Bonchev–Trinajstić information content (AvgIpc) is 3.00. The first-order chi connectivity index (χ1) is 8.90. The van der Waals surface area contributed by atoms with Gasteiger partial charge in [-0.3, -0.25) is 0 Å². The van der Waals surface area contributed by atoms with Gasteiger partial charge in [-0.1, -0.05) is 0 Å². The summed E-state index contributed by atoms with van der Waals surface area (Å²) in [5.41, 5.74) is 0. The fourth-order valence-electron chi connectivity index (χ4n) is 1.37. The molecule has 1 unspecified atom stereocenters. The number of hydrogen-bond donors (Lipinski definition) is 2. The molecule has 2 aromatic rings. The first kappa shape index (κ1) is 13.7. The summed E-state index contributed by atoms with van der Waals surface area (Å²) in [6.45, 7) is 1.64. The summed E-state index contributed by atoms with van der Waals surface area (Å²) in [5.74, 6) is -1.75. The molecule has 2 rings (SSSR count). The minimum atomic E-state index is -3.91. The lowest BCUT2D eigenvalue weighted by Gasteiger charge is -2.09. The van der Waals surface area contributed by atoms with Crippen molar-refractivity contribution in [2.45, 2.75) is 18.1 Å². The van der Waals surface area contributed by atoms with Gasteiger partial charge >= 0.3 is 5.97 Å². The standard InChI is InChI=1S/C10H10N2O5S2/c1-6(9-11-4-5-18-9)12-19(15,16)8-3-2-7(17-8)10(13)14/h2-6,12H,1H3,(H,13,14). The zero-order valence-corrected chi connectivity index (χ0v) is 11.4. The van der Waals surface area contributed by atoms with Crippen LogP contribution in [0.25, 0.3) is 0 Å². The van der Waals surface area contributed by atoms with Gasteiger partial charge in [0.15, 0.2) is 0 Å². The van der Waals surface area contributed by atoms with Crippen LogP contribution in [0.5, 0.6) is 0 Å². The number of hydrogen-bond acceptors (Lipinski definition) is 6. The summed E-state index contributed by atoms with van der Waals surface area (Å²) >= 11 is 1.31. The molecule has 9 heteroatoms. The maximum atomic E-state index is 12.0. The number of furan rings is 1. The highest BCUT2D eigenvalue weighted by atomic mass is 32.2. The molecule has 0 aliphatic rings. The molecule has 2 aromatic heterocycles. The second-order valence-corrected chi connectivity index (χ2v) is 6.21. The van der Waals surface area contributed by atoms with Gasteiger partial charge in [-0.05, 0) is 19.1 Å². The van der Waals surface area contributed by atoms with Crippen molar-refractivity contribution in [1.29, 1.82) is 0 Å². The molecule has 0 aliphatic carbocycles. The Labute approximate surface area is 113 Å². The predicted molar refractivity (Wildman–Crippen MR) is 66.5 cm³/mol.